The number of carboxylic acids is 1. The topological polar surface area (TPSA) is 90.0 Å². The normalized spacial score (nSPS) is 10.5. The average Bonchev–Trinajstić information content (AvgIpc) is 2.99. The molecule has 0 amide bonds. The minimum Gasteiger partial charge on any atom is -0.476 e. The van der Waals surface area contributed by atoms with Crippen LogP contribution in [-0.4, -0.2) is 30.4 Å². The van der Waals surface area contributed by atoms with Crippen molar-refractivity contribution in [2.24, 2.45) is 0 Å². The van der Waals surface area contributed by atoms with Gasteiger partial charge in [0, 0.05) is 12.3 Å². The quantitative estimate of drug-likeness (QED) is 0.777. The zero-order valence-electron chi connectivity index (χ0n) is 10.7. The van der Waals surface area contributed by atoms with Crippen LogP contribution in [-0.2, 0) is 0 Å². The van der Waals surface area contributed by atoms with Crippen molar-refractivity contribution in [3.05, 3.63) is 71.0 Å². The van der Waals surface area contributed by atoms with Crippen molar-refractivity contribution >= 4 is 5.97 Å². The standard InChI is InChI=1S/C14H10N4O3/c19-13-7-6-12(17-8-11(14(20)21)15-9-17)16-18(13)10-4-2-1-3-5-10/h1-9H,(H,20,21). The Bertz CT molecular complexity index is 852. The summed E-state index contributed by atoms with van der Waals surface area (Å²) >= 11 is 0. The van der Waals surface area contributed by atoms with Crippen LogP contribution in [0, 0.1) is 0 Å². The zero-order valence-corrected chi connectivity index (χ0v) is 10.7. The molecule has 3 rings (SSSR count). The molecule has 0 aliphatic rings. The molecule has 0 spiro atoms. The highest BCUT2D eigenvalue weighted by atomic mass is 16.4. The largest absolute Gasteiger partial charge is 0.476 e. The van der Waals surface area contributed by atoms with Gasteiger partial charge in [-0.1, -0.05) is 18.2 Å². The average molecular weight is 282 g/mol. The molecule has 0 aliphatic carbocycles. The first kappa shape index (κ1) is 12.8. The van der Waals surface area contributed by atoms with E-state index in [2.05, 4.69) is 10.1 Å². The van der Waals surface area contributed by atoms with Gasteiger partial charge < -0.3 is 5.11 Å². The van der Waals surface area contributed by atoms with E-state index in [9.17, 15) is 9.59 Å². The Morgan fingerprint density at radius 2 is 1.86 bits per heavy atom. The van der Waals surface area contributed by atoms with Crippen LogP contribution in [0.3, 0.4) is 0 Å². The molecule has 0 radical (unpaired) electrons. The Morgan fingerprint density at radius 3 is 2.52 bits per heavy atom. The van der Waals surface area contributed by atoms with E-state index in [4.69, 9.17) is 5.11 Å². The summed E-state index contributed by atoms with van der Waals surface area (Å²) in [7, 11) is 0. The van der Waals surface area contributed by atoms with Crippen LogP contribution in [0.15, 0.2) is 59.8 Å². The number of benzene rings is 1. The summed E-state index contributed by atoms with van der Waals surface area (Å²) in [6.45, 7) is 0. The summed E-state index contributed by atoms with van der Waals surface area (Å²) in [4.78, 5) is 26.5. The molecule has 3 aromatic rings. The lowest BCUT2D eigenvalue weighted by Gasteiger charge is -2.06. The lowest BCUT2D eigenvalue weighted by Crippen LogP contribution is -2.21. The molecule has 0 saturated heterocycles. The maximum atomic E-state index is 11.9. The van der Waals surface area contributed by atoms with Crippen molar-refractivity contribution in [2.75, 3.05) is 0 Å². The monoisotopic (exact) mass is 282 g/mol. The number of rotatable bonds is 3. The number of aromatic nitrogens is 4. The first-order valence-electron chi connectivity index (χ1n) is 6.08. The van der Waals surface area contributed by atoms with Crippen molar-refractivity contribution in [3.8, 4) is 11.5 Å². The SMILES string of the molecule is O=C(O)c1cn(-c2ccc(=O)n(-c3ccccc3)n2)cn1. The minimum atomic E-state index is -1.12. The molecule has 7 nitrogen and oxygen atoms in total. The van der Waals surface area contributed by atoms with E-state index in [0.717, 1.165) is 0 Å². The first-order chi connectivity index (χ1) is 10.1. The molecule has 2 aromatic heterocycles. The molecule has 104 valence electrons. The summed E-state index contributed by atoms with van der Waals surface area (Å²) in [6, 6.07) is 11.8. The van der Waals surface area contributed by atoms with E-state index in [-0.39, 0.29) is 11.3 Å². The number of carbonyl (C=O) groups is 1. The Labute approximate surface area is 118 Å². The summed E-state index contributed by atoms with van der Waals surface area (Å²) < 4.78 is 2.69. The Balaban J connectivity index is 2.09. The van der Waals surface area contributed by atoms with Crippen molar-refractivity contribution in [1.82, 2.24) is 19.3 Å². The number of aromatic carboxylic acids is 1. The highest BCUT2D eigenvalue weighted by Gasteiger charge is 2.09. The lowest BCUT2D eigenvalue weighted by atomic mass is 10.3. The van der Waals surface area contributed by atoms with Gasteiger partial charge in [0.2, 0.25) is 0 Å². The van der Waals surface area contributed by atoms with Crippen LogP contribution in [0.4, 0.5) is 0 Å². The van der Waals surface area contributed by atoms with Gasteiger partial charge in [-0.15, -0.1) is 5.10 Å². The van der Waals surface area contributed by atoms with Gasteiger partial charge >= 0.3 is 5.97 Å². The predicted molar refractivity (Wildman–Crippen MR) is 73.9 cm³/mol. The number of carboxylic acid groups (broad SMARTS) is 1. The highest BCUT2D eigenvalue weighted by Crippen LogP contribution is 2.07. The van der Waals surface area contributed by atoms with Crippen LogP contribution < -0.4 is 5.56 Å². The Kier molecular flexibility index (Phi) is 3.07. The van der Waals surface area contributed by atoms with Crippen LogP contribution >= 0.6 is 0 Å². The van der Waals surface area contributed by atoms with E-state index >= 15 is 0 Å². The van der Waals surface area contributed by atoms with Crippen LogP contribution in [0.2, 0.25) is 0 Å². The van der Waals surface area contributed by atoms with E-state index in [1.54, 1.807) is 24.3 Å². The molecule has 0 aliphatic heterocycles. The fraction of sp³-hybridized carbons (Fsp3) is 0. The summed E-state index contributed by atoms with van der Waals surface area (Å²) in [5.41, 5.74) is 0.265. The number of para-hydroxylation sites is 1. The fourth-order valence-corrected chi connectivity index (χ4v) is 1.85. The minimum absolute atomic E-state index is 0.0886. The Morgan fingerprint density at radius 1 is 1.10 bits per heavy atom. The molecule has 21 heavy (non-hydrogen) atoms. The summed E-state index contributed by atoms with van der Waals surface area (Å²) in [6.07, 6.45) is 2.68. The van der Waals surface area contributed by atoms with Gasteiger partial charge in [-0.25, -0.2) is 9.78 Å². The van der Waals surface area contributed by atoms with Crippen molar-refractivity contribution in [1.29, 1.82) is 0 Å². The molecule has 0 bridgehead atoms. The number of nitrogens with zero attached hydrogens (tertiary/aromatic N) is 4. The lowest BCUT2D eigenvalue weighted by molar-refractivity contribution is 0.0691. The second-order valence-corrected chi connectivity index (χ2v) is 4.25. The van der Waals surface area contributed by atoms with Gasteiger partial charge in [0.15, 0.2) is 11.5 Å². The van der Waals surface area contributed by atoms with Gasteiger partial charge in [-0.05, 0) is 18.2 Å². The molecule has 1 N–H and O–H groups in total. The second-order valence-electron chi connectivity index (χ2n) is 4.25. The zero-order chi connectivity index (χ0) is 14.8. The van der Waals surface area contributed by atoms with E-state index in [0.29, 0.717) is 11.5 Å². The van der Waals surface area contributed by atoms with Crippen molar-refractivity contribution in [2.45, 2.75) is 0 Å². The smallest absolute Gasteiger partial charge is 0.356 e. The molecular weight excluding hydrogens is 272 g/mol. The number of hydrogen-bond acceptors (Lipinski definition) is 4. The molecular formula is C14H10N4O3. The van der Waals surface area contributed by atoms with Gasteiger partial charge in [-0.3, -0.25) is 9.36 Å². The van der Waals surface area contributed by atoms with Crippen LogP contribution in [0.5, 0.6) is 0 Å². The number of hydrogen-bond donors (Lipinski definition) is 1. The van der Waals surface area contributed by atoms with E-state index < -0.39 is 5.97 Å². The summed E-state index contributed by atoms with van der Waals surface area (Å²) in [5.74, 6) is -0.719. The van der Waals surface area contributed by atoms with Gasteiger partial charge in [0.25, 0.3) is 5.56 Å². The van der Waals surface area contributed by atoms with E-state index in [1.165, 1.54) is 33.9 Å². The van der Waals surface area contributed by atoms with Crippen LogP contribution in [0.1, 0.15) is 10.5 Å². The first-order valence-corrected chi connectivity index (χ1v) is 6.08. The molecule has 0 fully saturated rings. The molecule has 1 aromatic carbocycles. The fourth-order valence-electron chi connectivity index (χ4n) is 1.85. The predicted octanol–water partition coefficient (Wildman–Crippen LogP) is 1.12. The van der Waals surface area contributed by atoms with Crippen molar-refractivity contribution in [3.63, 3.8) is 0 Å². The molecule has 2 heterocycles. The van der Waals surface area contributed by atoms with Crippen molar-refractivity contribution < 1.29 is 9.90 Å². The van der Waals surface area contributed by atoms with E-state index in [1.807, 2.05) is 6.07 Å². The molecule has 0 unspecified atom stereocenters. The second kappa shape index (κ2) is 5.04. The summed E-state index contributed by atoms with van der Waals surface area (Å²) in [5, 5.41) is 13.1. The molecule has 0 atom stereocenters. The number of imidazole rings is 1. The van der Waals surface area contributed by atoms with Gasteiger partial charge in [-0.2, -0.15) is 4.68 Å². The third-order valence-electron chi connectivity index (χ3n) is 2.85. The maximum Gasteiger partial charge on any atom is 0.356 e. The van der Waals surface area contributed by atoms with Gasteiger partial charge in [0.1, 0.15) is 6.33 Å². The third kappa shape index (κ3) is 2.44. The Hall–Kier alpha value is -3.22. The molecule has 0 saturated carbocycles. The van der Waals surface area contributed by atoms with Crippen LogP contribution in [0.25, 0.3) is 11.5 Å². The molecule has 7 heteroatoms. The van der Waals surface area contributed by atoms with Gasteiger partial charge in [0.05, 0.1) is 5.69 Å². The highest BCUT2D eigenvalue weighted by molar-refractivity contribution is 5.85. The third-order valence-corrected chi connectivity index (χ3v) is 2.85. The maximum absolute atomic E-state index is 11.9.